The molecule has 0 fully saturated rings. The summed E-state index contributed by atoms with van der Waals surface area (Å²) in [5.41, 5.74) is 1.86. The SMILES string of the molecule is CCNC(=O)CCCC(=O)Nc1cccc(-n2ncc(C(=O)O)c2C)c1. The second-order valence-electron chi connectivity index (χ2n) is 5.77. The molecule has 0 saturated heterocycles. The lowest BCUT2D eigenvalue weighted by atomic mass is 10.2. The molecule has 2 amide bonds. The van der Waals surface area contributed by atoms with Gasteiger partial charge in [-0.15, -0.1) is 0 Å². The normalized spacial score (nSPS) is 10.4. The number of hydrogen-bond acceptors (Lipinski definition) is 4. The topological polar surface area (TPSA) is 113 Å². The molecule has 0 radical (unpaired) electrons. The number of rotatable bonds is 8. The lowest BCUT2D eigenvalue weighted by molar-refractivity contribution is -0.121. The zero-order chi connectivity index (χ0) is 19.1. The Bertz CT molecular complexity index is 813. The molecule has 3 N–H and O–H groups in total. The number of nitrogens with one attached hydrogen (secondary N) is 2. The van der Waals surface area contributed by atoms with E-state index in [1.165, 1.54) is 10.9 Å². The van der Waals surface area contributed by atoms with E-state index in [0.29, 0.717) is 36.5 Å². The van der Waals surface area contributed by atoms with Gasteiger partial charge in [-0.25, -0.2) is 9.48 Å². The number of anilines is 1. The Morgan fingerprint density at radius 2 is 1.92 bits per heavy atom. The predicted molar refractivity (Wildman–Crippen MR) is 96.4 cm³/mol. The molecule has 2 aromatic rings. The van der Waals surface area contributed by atoms with Gasteiger partial charge in [0.2, 0.25) is 11.8 Å². The first kappa shape index (κ1) is 19.2. The minimum atomic E-state index is -1.04. The third-order valence-electron chi connectivity index (χ3n) is 3.80. The van der Waals surface area contributed by atoms with Crippen LogP contribution in [0.4, 0.5) is 5.69 Å². The van der Waals surface area contributed by atoms with Crippen LogP contribution < -0.4 is 10.6 Å². The molecule has 0 aliphatic rings. The monoisotopic (exact) mass is 358 g/mol. The fourth-order valence-corrected chi connectivity index (χ4v) is 2.51. The molecule has 0 saturated carbocycles. The summed E-state index contributed by atoms with van der Waals surface area (Å²) < 4.78 is 1.51. The number of carboxylic acid groups (broad SMARTS) is 1. The number of aromatic nitrogens is 2. The van der Waals surface area contributed by atoms with Gasteiger partial charge >= 0.3 is 5.97 Å². The number of carboxylic acids is 1. The summed E-state index contributed by atoms with van der Waals surface area (Å²) in [4.78, 5) is 34.5. The number of nitrogens with zero attached hydrogens (tertiary/aromatic N) is 2. The van der Waals surface area contributed by atoms with Gasteiger partial charge in [0.15, 0.2) is 0 Å². The van der Waals surface area contributed by atoms with Gasteiger partial charge < -0.3 is 15.7 Å². The van der Waals surface area contributed by atoms with Crippen molar-refractivity contribution in [2.45, 2.75) is 33.1 Å². The van der Waals surface area contributed by atoms with Crippen LogP contribution in [0.5, 0.6) is 0 Å². The Balaban J connectivity index is 2.00. The largest absolute Gasteiger partial charge is 0.478 e. The smallest absolute Gasteiger partial charge is 0.339 e. The highest BCUT2D eigenvalue weighted by Crippen LogP contribution is 2.18. The molecule has 0 bridgehead atoms. The van der Waals surface area contributed by atoms with E-state index in [4.69, 9.17) is 5.11 Å². The number of carbonyl (C=O) groups is 3. The Labute approximate surface area is 151 Å². The maximum atomic E-state index is 12.0. The van der Waals surface area contributed by atoms with Crippen molar-refractivity contribution in [3.63, 3.8) is 0 Å². The average molecular weight is 358 g/mol. The van der Waals surface area contributed by atoms with E-state index in [2.05, 4.69) is 15.7 Å². The van der Waals surface area contributed by atoms with Crippen LogP contribution in [-0.2, 0) is 9.59 Å². The van der Waals surface area contributed by atoms with Crippen molar-refractivity contribution < 1.29 is 19.5 Å². The van der Waals surface area contributed by atoms with Crippen molar-refractivity contribution in [1.29, 1.82) is 0 Å². The Morgan fingerprint density at radius 1 is 1.19 bits per heavy atom. The van der Waals surface area contributed by atoms with Crippen LogP contribution in [0, 0.1) is 6.92 Å². The Hall–Kier alpha value is -3.16. The van der Waals surface area contributed by atoms with E-state index in [9.17, 15) is 14.4 Å². The first-order valence-corrected chi connectivity index (χ1v) is 8.37. The Kier molecular flexibility index (Phi) is 6.48. The summed E-state index contributed by atoms with van der Waals surface area (Å²) in [5.74, 6) is -1.29. The van der Waals surface area contributed by atoms with Crippen LogP contribution in [0.25, 0.3) is 5.69 Å². The maximum absolute atomic E-state index is 12.0. The summed E-state index contributed by atoms with van der Waals surface area (Å²) in [6.07, 6.45) is 2.32. The summed E-state index contributed by atoms with van der Waals surface area (Å²) in [6, 6.07) is 6.98. The second kappa shape index (κ2) is 8.80. The maximum Gasteiger partial charge on any atom is 0.339 e. The average Bonchev–Trinajstić information content (AvgIpc) is 2.97. The molecule has 8 nitrogen and oxygen atoms in total. The van der Waals surface area contributed by atoms with Crippen molar-refractivity contribution in [3.8, 4) is 5.69 Å². The summed E-state index contributed by atoms with van der Waals surface area (Å²) in [6.45, 7) is 4.09. The molecule has 1 heterocycles. The van der Waals surface area contributed by atoms with Crippen LogP contribution in [0.1, 0.15) is 42.2 Å². The van der Waals surface area contributed by atoms with E-state index in [-0.39, 0.29) is 23.8 Å². The molecular formula is C18H22N4O4. The second-order valence-corrected chi connectivity index (χ2v) is 5.77. The quantitative estimate of drug-likeness (QED) is 0.669. The van der Waals surface area contributed by atoms with E-state index < -0.39 is 5.97 Å². The zero-order valence-electron chi connectivity index (χ0n) is 14.8. The van der Waals surface area contributed by atoms with Gasteiger partial charge in [0.25, 0.3) is 0 Å². The molecule has 0 spiro atoms. The van der Waals surface area contributed by atoms with Gasteiger partial charge in [0.05, 0.1) is 17.6 Å². The summed E-state index contributed by atoms with van der Waals surface area (Å²) in [5, 5.41) is 18.7. The molecule has 26 heavy (non-hydrogen) atoms. The highest BCUT2D eigenvalue weighted by atomic mass is 16.4. The van der Waals surface area contributed by atoms with E-state index in [1.807, 2.05) is 6.92 Å². The molecular weight excluding hydrogens is 336 g/mol. The lowest BCUT2D eigenvalue weighted by Gasteiger charge is -2.09. The van der Waals surface area contributed by atoms with Crippen molar-refractivity contribution in [2.75, 3.05) is 11.9 Å². The molecule has 0 atom stereocenters. The van der Waals surface area contributed by atoms with Gasteiger partial charge in [0.1, 0.15) is 5.56 Å². The number of aromatic carboxylic acids is 1. The molecule has 2 rings (SSSR count). The van der Waals surface area contributed by atoms with Gasteiger partial charge in [-0.2, -0.15) is 5.10 Å². The van der Waals surface area contributed by atoms with E-state index >= 15 is 0 Å². The standard InChI is InChI=1S/C18H22N4O4/c1-3-19-16(23)8-5-9-17(24)21-13-6-4-7-14(10-13)22-12(2)15(11-20-22)18(25)26/h4,6-7,10-11H,3,5,8-9H2,1-2H3,(H,19,23)(H,21,24)(H,25,26). The van der Waals surface area contributed by atoms with Gasteiger partial charge in [0, 0.05) is 25.1 Å². The third kappa shape index (κ3) is 4.92. The van der Waals surface area contributed by atoms with Crippen molar-refractivity contribution in [1.82, 2.24) is 15.1 Å². The zero-order valence-corrected chi connectivity index (χ0v) is 14.8. The fourth-order valence-electron chi connectivity index (χ4n) is 2.51. The third-order valence-corrected chi connectivity index (χ3v) is 3.80. The molecule has 1 aromatic heterocycles. The molecule has 0 aliphatic carbocycles. The molecule has 8 heteroatoms. The fraction of sp³-hybridized carbons (Fsp3) is 0.333. The van der Waals surface area contributed by atoms with Gasteiger partial charge in [-0.1, -0.05) is 6.07 Å². The molecule has 138 valence electrons. The summed E-state index contributed by atoms with van der Waals surface area (Å²) >= 11 is 0. The molecule has 0 unspecified atom stereocenters. The van der Waals surface area contributed by atoms with Gasteiger partial charge in [-0.05, 0) is 38.5 Å². The minimum absolute atomic E-state index is 0.0642. The summed E-state index contributed by atoms with van der Waals surface area (Å²) in [7, 11) is 0. The van der Waals surface area contributed by atoms with Crippen LogP contribution in [0.3, 0.4) is 0 Å². The van der Waals surface area contributed by atoms with E-state index in [0.717, 1.165) is 0 Å². The van der Waals surface area contributed by atoms with Crippen LogP contribution in [-0.4, -0.2) is 39.2 Å². The van der Waals surface area contributed by atoms with Gasteiger partial charge in [-0.3, -0.25) is 9.59 Å². The van der Waals surface area contributed by atoms with Crippen LogP contribution in [0.15, 0.2) is 30.5 Å². The van der Waals surface area contributed by atoms with E-state index in [1.54, 1.807) is 31.2 Å². The molecule has 1 aromatic carbocycles. The number of benzene rings is 1. The molecule has 0 aliphatic heterocycles. The predicted octanol–water partition coefficient (Wildman–Crippen LogP) is 2.12. The minimum Gasteiger partial charge on any atom is -0.478 e. The first-order chi connectivity index (χ1) is 12.4. The highest BCUT2D eigenvalue weighted by molar-refractivity contribution is 5.91. The lowest BCUT2D eigenvalue weighted by Crippen LogP contribution is -2.22. The van der Waals surface area contributed by atoms with Crippen LogP contribution in [0.2, 0.25) is 0 Å². The Morgan fingerprint density at radius 3 is 2.58 bits per heavy atom. The van der Waals surface area contributed by atoms with Crippen molar-refractivity contribution in [3.05, 3.63) is 41.7 Å². The van der Waals surface area contributed by atoms with Crippen molar-refractivity contribution in [2.24, 2.45) is 0 Å². The van der Waals surface area contributed by atoms with Crippen LogP contribution >= 0.6 is 0 Å². The van der Waals surface area contributed by atoms with Crippen molar-refractivity contribution >= 4 is 23.5 Å². The number of carbonyl (C=O) groups excluding carboxylic acids is 2. The highest BCUT2D eigenvalue weighted by Gasteiger charge is 2.14. The number of hydrogen-bond donors (Lipinski definition) is 3. The first-order valence-electron chi connectivity index (χ1n) is 8.37. The number of amides is 2.